The normalized spacial score (nSPS) is 13.9. The van der Waals surface area contributed by atoms with Crippen LogP contribution in [0.5, 0.6) is 0 Å². The molecule has 0 aliphatic heterocycles. The number of carbonyl (C=O) groups excluding carboxylic acids is 1. The molecule has 2 aromatic heterocycles. The number of hydrogen-bond donors (Lipinski definition) is 0. The summed E-state index contributed by atoms with van der Waals surface area (Å²) in [6.07, 6.45) is 10.4. The fourth-order valence-corrected chi connectivity index (χ4v) is 3.69. The molecule has 0 N–H and O–H groups in total. The molecule has 1 aliphatic carbocycles. The Hall–Kier alpha value is -2.66. The van der Waals surface area contributed by atoms with E-state index in [1.165, 1.54) is 0 Å². The summed E-state index contributed by atoms with van der Waals surface area (Å²) >= 11 is 6.11. The summed E-state index contributed by atoms with van der Waals surface area (Å²) in [6, 6.07) is 11.7. The van der Waals surface area contributed by atoms with Crippen LogP contribution >= 0.6 is 11.6 Å². The predicted molar refractivity (Wildman–Crippen MR) is 109 cm³/mol. The molecule has 1 aliphatic rings. The third-order valence-electron chi connectivity index (χ3n) is 5.24. The molecule has 0 spiro atoms. The lowest BCUT2D eigenvalue weighted by atomic mass is 9.84. The summed E-state index contributed by atoms with van der Waals surface area (Å²) in [5, 5.41) is 0.720. The zero-order valence-electron chi connectivity index (χ0n) is 15.7. The highest BCUT2D eigenvalue weighted by Crippen LogP contribution is 2.29. The lowest BCUT2D eigenvalue weighted by molar-refractivity contribution is -0.139. The highest BCUT2D eigenvalue weighted by atomic mass is 35.5. The van der Waals surface area contributed by atoms with Crippen LogP contribution in [0.25, 0.3) is 0 Å². The van der Waals surface area contributed by atoms with Gasteiger partial charge in [0, 0.05) is 48.8 Å². The predicted octanol–water partition coefficient (Wildman–Crippen LogP) is 4.31. The molecule has 0 radical (unpaired) electrons. The largest absolute Gasteiger partial charge is 0.331 e. The minimum Gasteiger partial charge on any atom is -0.331 e. The topological polar surface area (TPSA) is 51.0 Å². The molecule has 1 amide bonds. The average molecular weight is 395 g/mol. The average Bonchev–Trinajstić information content (AvgIpc) is 3.07. The number of imidazole rings is 1. The minimum atomic E-state index is 0.146. The molecule has 6 heteroatoms. The first-order valence-corrected chi connectivity index (χ1v) is 9.99. The Morgan fingerprint density at radius 1 is 1.14 bits per heavy atom. The molecular formula is C22H23ClN4O. The van der Waals surface area contributed by atoms with Gasteiger partial charge in [0.15, 0.2) is 0 Å². The van der Waals surface area contributed by atoms with Gasteiger partial charge in [0.05, 0.1) is 6.54 Å². The first kappa shape index (κ1) is 18.7. The molecule has 0 unspecified atom stereocenters. The molecule has 1 saturated carbocycles. The standard InChI is InChI=1S/C22H23ClN4O/c23-20-8-1-4-17(12-20)14-26-11-10-25-21(26)16-27(22(28)19-6-2-7-19)15-18-5-3-9-24-13-18/h1,3-5,8-13,19H,2,6-7,14-16H2. The Balaban J connectivity index is 1.53. The molecule has 144 valence electrons. The van der Waals surface area contributed by atoms with E-state index in [-0.39, 0.29) is 11.8 Å². The molecule has 28 heavy (non-hydrogen) atoms. The molecule has 0 atom stereocenters. The van der Waals surface area contributed by atoms with E-state index in [2.05, 4.69) is 14.5 Å². The van der Waals surface area contributed by atoms with Crippen molar-refractivity contribution in [3.8, 4) is 0 Å². The maximum Gasteiger partial charge on any atom is 0.226 e. The molecule has 5 nitrogen and oxygen atoms in total. The van der Waals surface area contributed by atoms with Crippen LogP contribution in [-0.2, 0) is 24.4 Å². The van der Waals surface area contributed by atoms with Crippen LogP contribution in [0.2, 0.25) is 5.02 Å². The van der Waals surface area contributed by atoms with Crippen molar-refractivity contribution in [2.24, 2.45) is 5.92 Å². The van der Waals surface area contributed by atoms with Crippen LogP contribution in [0.1, 0.15) is 36.2 Å². The van der Waals surface area contributed by atoms with E-state index in [1.807, 2.05) is 53.7 Å². The Morgan fingerprint density at radius 3 is 2.71 bits per heavy atom. The number of halogens is 1. The van der Waals surface area contributed by atoms with Crippen molar-refractivity contribution in [1.29, 1.82) is 0 Å². The number of amides is 1. The van der Waals surface area contributed by atoms with Gasteiger partial charge in [0.25, 0.3) is 0 Å². The monoisotopic (exact) mass is 394 g/mol. The summed E-state index contributed by atoms with van der Waals surface area (Å²) in [7, 11) is 0. The lowest BCUT2D eigenvalue weighted by Crippen LogP contribution is -2.38. The van der Waals surface area contributed by atoms with Crippen molar-refractivity contribution in [3.05, 3.63) is 83.2 Å². The summed E-state index contributed by atoms with van der Waals surface area (Å²) in [5.41, 5.74) is 2.14. The van der Waals surface area contributed by atoms with Gasteiger partial charge in [-0.2, -0.15) is 0 Å². The molecule has 2 heterocycles. The maximum absolute atomic E-state index is 13.0. The van der Waals surface area contributed by atoms with E-state index in [9.17, 15) is 4.79 Å². The summed E-state index contributed by atoms with van der Waals surface area (Å²) in [4.78, 5) is 23.6. The first-order chi connectivity index (χ1) is 13.7. The van der Waals surface area contributed by atoms with Gasteiger partial charge in [0.1, 0.15) is 5.82 Å². The van der Waals surface area contributed by atoms with Gasteiger partial charge in [0.2, 0.25) is 5.91 Å². The van der Waals surface area contributed by atoms with Crippen molar-refractivity contribution in [3.63, 3.8) is 0 Å². The van der Waals surface area contributed by atoms with E-state index in [4.69, 9.17) is 11.6 Å². The van der Waals surface area contributed by atoms with E-state index < -0.39 is 0 Å². The number of benzene rings is 1. The zero-order valence-corrected chi connectivity index (χ0v) is 16.4. The summed E-state index contributed by atoms with van der Waals surface area (Å²) in [6.45, 7) is 1.71. The third kappa shape index (κ3) is 4.42. The maximum atomic E-state index is 13.0. The number of pyridine rings is 1. The molecule has 4 rings (SSSR count). The quantitative estimate of drug-likeness (QED) is 0.600. The zero-order chi connectivity index (χ0) is 19.3. The summed E-state index contributed by atoms with van der Waals surface area (Å²) in [5.74, 6) is 1.23. The highest BCUT2D eigenvalue weighted by molar-refractivity contribution is 6.30. The smallest absolute Gasteiger partial charge is 0.226 e. The minimum absolute atomic E-state index is 0.146. The fraction of sp³-hybridized carbons (Fsp3) is 0.318. The Morgan fingerprint density at radius 2 is 2.00 bits per heavy atom. The highest BCUT2D eigenvalue weighted by Gasteiger charge is 2.30. The first-order valence-electron chi connectivity index (χ1n) is 9.61. The molecule has 1 fully saturated rings. The second kappa shape index (κ2) is 8.57. The Labute approximate surface area is 170 Å². The van der Waals surface area contributed by atoms with Crippen molar-refractivity contribution >= 4 is 17.5 Å². The van der Waals surface area contributed by atoms with Crippen LogP contribution in [0.15, 0.2) is 61.2 Å². The van der Waals surface area contributed by atoms with E-state index in [0.717, 1.165) is 41.2 Å². The van der Waals surface area contributed by atoms with Gasteiger partial charge >= 0.3 is 0 Å². The molecular weight excluding hydrogens is 372 g/mol. The van der Waals surface area contributed by atoms with Crippen LogP contribution < -0.4 is 0 Å². The van der Waals surface area contributed by atoms with Crippen molar-refractivity contribution in [1.82, 2.24) is 19.4 Å². The molecule has 0 bridgehead atoms. The van der Waals surface area contributed by atoms with Gasteiger partial charge in [-0.15, -0.1) is 0 Å². The van der Waals surface area contributed by atoms with Gasteiger partial charge in [-0.3, -0.25) is 9.78 Å². The van der Waals surface area contributed by atoms with Crippen LogP contribution in [0, 0.1) is 5.92 Å². The number of rotatable bonds is 7. The van der Waals surface area contributed by atoms with E-state index in [0.29, 0.717) is 19.6 Å². The second-order valence-electron chi connectivity index (χ2n) is 7.28. The van der Waals surface area contributed by atoms with E-state index >= 15 is 0 Å². The third-order valence-corrected chi connectivity index (χ3v) is 5.47. The second-order valence-corrected chi connectivity index (χ2v) is 7.72. The Kier molecular flexibility index (Phi) is 5.72. The van der Waals surface area contributed by atoms with Crippen molar-refractivity contribution in [2.75, 3.05) is 0 Å². The summed E-state index contributed by atoms with van der Waals surface area (Å²) < 4.78 is 2.08. The fourth-order valence-electron chi connectivity index (χ4n) is 3.48. The van der Waals surface area contributed by atoms with Gasteiger partial charge in [-0.05, 0) is 42.2 Å². The number of hydrogen-bond acceptors (Lipinski definition) is 3. The van der Waals surface area contributed by atoms with Gasteiger partial charge in [-0.25, -0.2) is 4.98 Å². The van der Waals surface area contributed by atoms with Crippen LogP contribution in [0.3, 0.4) is 0 Å². The lowest BCUT2D eigenvalue weighted by Gasteiger charge is -2.31. The molecule has 3 aromatic rings. The van der Waals surface area contributed by atoms with Gasteiger partial charge < -0.3 is 9.47 Å². The number of aromatic nitrogens is 3. The number of nitrogens with zero attached hydrogens (tertiary/aromatic N) is 4. The van der Waals surface area contributed by atoms with Crippen molar-refractivity contribution in [2.45, 2.75) is 38.9 Å². The number of carbonyl (C=O) groups is 1. The van der Waals surface area contributed by atoms with Crippen molar-refractivity contribution < 1.29 is 4.79 Å². The molecule has 1 aromatic carbocycles. The van der Waals surface area contributed by atoms with Gasteiger partial charge in [-0.1, -0.05) is 36.2 Å². The van der Waals surface area contributed by atoms with E-state index in [1.54, 1.807) is 12.4 Å². The SMILES string of the molecule is O=C(C1CCC1)N(Cc1cccnc1)Cc1nccn1Cc1cccc(Cl)c1. The van der Waals surface area contributed by atoms with Crippen LogP contribution in [-0.4, -0.2) is 25.3 Å². The molecule has 0 saturated heterocycles. The van der Waals surface area contributed by atoms with Crippen LogP contribution in [0.4, 0.5) is 0 Å². The Bertz CT molecular complexity index is 936.